The van der Waals surface area contributed by atoms with E-state index in [0.29, 0.717) is 23.6 Å². The van der Waals surface area contributed by atoms with Gasteiger partial charge < -0.3 is 14.9 Å². The Balaban J connectivity index is 1.83. The molecule has 106 valence electrons. The maximum atomic E-state index is 11.9. The Morgan fingerprint density at radius 3 is 2.95 bits per heavy atom. The second kappa shape index (κ2) is 6.38. The topological polar surface area (TPSA) is 92.7 Å². The van der Waals surface area contributed by atoms with Crippen LogP contribution >= 0.6 is 11.8 Å². The molecular weight excluding hydrogens is 278 g/mol. The quantitative estimate of drug-likeness (QED) is 0.612. The zero-order valence-corrected chi connectivity index (χ0v) is 12.0. The number of pyridine rings is 1. The molecule has 0 unspecified atom stereocenters. The summed E-state index contributed by atoms with van der Waals surface area (Å²) in [6.45, 7) is 2.23. The first kappa shape index (κ1) is 14.3. The zero-order valence-electron chi connectivity index (χ0n) is 11.2. The van der Waals surface area contributed by atoms with Gasteiger partial charge in [0.25, 0.3) is 5.91 Å². The number of aromatic amines is 1. The smallest absolute Gasteiger partial charge is 0.251 e. The molecule has 2 heterocycles. The Morgan fingerprint density at radius 1 is 1.50 bits per heavy atom. The molecule has 0 atom stereocenters. The van der Waals surface area contributed by atoms with E-state index in [0.717, 1.165) is 5.16 Å². The van der Waals surface area contributed by atoms with Crippen molar-refractivity contribution in [1.82, 2.24) is 25.1 Å². The maximum Gasteiger partial charge on any atom is 0.251 e. The van der Waals surface area contributed by atoms with Crippen LogP contribution in [-0.4, -0.2) is 38.0 Å². The van der Waals surface area contributed by atoms with Crippen molar-refractivity contribution < 1.29 is 4.79 Å². The predicted molar refractivity (Wildman–Crippen MR) is 75.9 cm³/mol. The summed E-state index contributed by atoms with van der Waals surface area (Å²) in [5.41, 5.74) is 0.759. The van der Waals surface area contributed by atoms with Gasteiger partial charge in [-0.1, -0.05) is 11.8 Å². The SMILES string of the molecule is Cc1cc(C(=O)NCCSc2nncn2C)cc(=O)[nH]1. The molecular formula is C12H15N5O2S. The summed E-state index contributed by atoms with van der Waals surface area (Å²) in [7, 11) is 1.86. The lowest BCUT2D eigenvalue weighted by Gasteiger charge is -2.05. The molecule has 1 amide bonds. The number of H-pyrrole nitrogens is 1. The molecule has 2 rings (SSSR count). The monoisotopic (exact) mass is 293 g/mol. The van der Waals surface area contributed by atoms with Crippen molar-refractivity contribution in [3.8, 4) is 0 Å². The van der Waals surface area contributed by atoms with Crippen molar-refractivity contribution in [3.05, 3.63) is 40.1 Å². The molecule has 7 nitrogen and oxygen atoms in total. The number of aromatic nitrogens is 4. The largest absolute Gasteiger partial charge is 0.351 e. The number of carbonyl (C=O) groups excluding carboxylic acids is 1. The summed E-state index contributed by atoms with van der Waals surface area (Å²) in [6.07, 6.45) is 1.62. The number of aryl methyl sites for hydroxylation is 2. The van der Waals surface area contributed by atoms with Crippen molar-refractivity contribution in [3.63, 3.8) is 0 Å². The van der Waals surface area contributed by atoms with Crippen LogP contribution < -0.4 is 10.9 Å². The van der Waals surface area contributed by atoms with Gasteiger partial charge in [-0.25, -0.2) is 0 Å². The zero-order chi connectivity index (χ0) is 14.5. The molecule has 0 aliphatic heterocycles. The van der Waals surface area contributed by atoms with Crippen LogP contribution in [0.15, 0.2) is 28.4 Å². The van der Waals surface area contributed by atoms with Crippen LogP contribution in [0.3, 0.4) is 0 Å². The molecule has 0 saturated heterocycles. The van der Waals surface area contributed by atoms with Gasteiger partial charge >= 0.3 is 0 Å². The molecule has 0 aromatic carbocycles. The third kappa shape index (κ3) is 3.70. The van der Waals surface area contributed by atoms with Crippen LogP contribution in [0.1, 0.15) is 16.1 Å². The first-order chi connectivity index (χ1) is 9.56. The number of amides is 1. The van der Waals surface area contributed by atoms with E-state index in [4.69, 9.17) is 0 Å². The Morgan fingerprint density at radius 2 is 2.30 bits per heavy atom. The molecule has 2 aromatic rings. The summed E-state index contributed by atoms with van der Waals surface area (Å²) < 4.78 is 1.81. The van der Waals surface area contributed by atoms with E-state index in [2.05, 4.69) is 20.5 Å². The van der Waals surface area contributed by atoms with Crippen molar-refractivity contribution in [2.45, 2.75) is 12.1 Å². The minimum absolute atomic E-state index is 0.252. The Bertz CT molecular complexity index is 664. The van der Waals surface area contributed by atoms with Gasteiger partial charge in [-0.05, 0) is 13.0 Å². The van der Waals surface area contributed by atoms with E-state index >= 15 is 0 Å². The fourth-order valence-corrected chi connectivity index (χ4v) is 2.37. The standard InChI is InChI=1S/C12H15N5O2S/c1-8-5-9(6-10(18)15-8)11(19)13-3-4-20-12-16-14-7-17(12)2/h5-7H,3-4H2,1-2H3,(H,13,19)(H,15,18). The van der Waals surface area contributed by atoms with Crippen molar-refractivity contribution in [2.24, 2.45) is 7.05 Å². The lowest BCUT2D eigenvalue weighted by Crippen LogP contribution is -2.27. The minimum atomic E-state index is -0.274. The van der Waals surface area contributed by atoms with E-state index in [1.54, 1.807) is 19.3 Å². The molecule has 2 aromatic heterocycles. The highest BCUT2D eigenvalue weighted by Gasteiger charge is 2.07. The van der Waals surface area contributed by atoms with E-state index in [9.17, 15) is 9.59 Å². The van der Waals surface area contributed by atoms with Crippen LogP contribution in [0, 0.1) is 6.92 Å². The van der Waals surface area contributed by atoms with Crippen molar-refractivity contribution >= 4 is 17.7 Å². The van der Waals surface area contributed by atoms with Crippen LogP contribution in [0.25, 0.3) is 0 Å². The Labute approximate surface area is 119 Å². The highest BCUT2D eigenvalue weighted by atomic mass is 32.2. The molecule has 0 fully saturated rings. The average molecular weight is 293 g/mol. The number of hydrogen-bond donors (Lipinski definition) is 2. The minimum Gasteiger partial charge on any atom is -0.351 e. The number of hydrogen-bond acceptors (Lipinski definition) is 5. The van der Waals surface area contributed by atoms with Crippen molar-refractivity contribution in [1.29, 1.82) is 0 Å². The Kier molecular flexibility index (Phi) is 4.57. The van der Waals surface area contributed by atoms with Gasteiger partial charge in [0.1, 0.15) is 6.33 Å². The number of carbonyl (C=O) groups is 1. The van der Waals surface area contributed by atoms with E-state index in [1.807, 2.05) is 11.6 Å². The predicted octanol–water partition coefficient (Wildman–Crippen LogP) is 0.334. The van der Waals surface area contributed by atoms with E-state index in [-0.39, 0.29) is 11.5 Å². The first-order valence-corrected chi connectivity index (χ1v) is 7.01. The highest BCUT2D eigenvalue weighted by molar-refractivity contribution is 7.99. The first-order valence-electron chi connectivity index (χ1n) is 6.02. The molecule has 20 heavy (non-hydrogen) atoms. The maximum absolute atomic E-state index is 11.9. The molecule has 2 N–H and O–H groups in total. The summed E-state index contributed by atoms with van der Waals surface area (Å²) in [4.78, 5) is 25.8. The summed E-state index contributed by atoms with van der Waals surface area (Å²) in [6, 6.07) is 2.94. The number of nitrogens with zero attached hydrogens (tertiary/aromatic N) is 3. The van der Waals surface area contributed by atoms with Gasteiger partial charge in [-0.2, -0.15) is 0 Å². The molecule has 0 aliphatic rings. The number of rotatable bonds is 5. The lowest BCUT2D eigenvalue weighted by atomic mass is 10.2. The normalized spacial score (nSPS) is 10.5. The second-order valence-corrected chi connectivity index (χ2v) is 5.31. The molecule has 0 radical (unpaired) electrons. The Hall–Kier alpha value is -2.09. The summed E-state index contributed by atoms with van der Waals surface area (Å²) in [5.74, 6) is 0.429. The molecule has 8 heteroatoms. The van der Waals surface area contributed by atoms with Crippen LogP contribution in [0.2, 0.25) is 0 Å². The molecule has 0 saturated carbocycles. The number of thioether (sulfide) groups is 1. The highest BCUT2D eigenvalue weighted by Crippen LogP contribution is 2.11. The third-order valence-electron chi connectivity index (χ3n) is 2.53. The average Bonchev–Trinajstić information content (AvgIpc) is 2.79. The van der Waals surface area contributed by atoms with Crippen LogP contribution in [-0.2, 0) is 7.05 Å². The van der Waals surface area contributed by atoms with Gasteiger partial charge in [0, 0.05) is 36.7 Å². The van der Waals surface area contributed by atoms with Gasteiger partial charge in [-0.3, -0.25) is 9.59 Å². The molecule has 0 bridgehead atoms. The van der Waals surface area contributed by atoms with Gasteiger partial charge in [0.2, 0.25) is 5.56 Å². The second-order valence-electron chi connectivity index (χ2n) is 4.25. The summed E-state index contributed by atoms with van der Waals surface area (Å²) >= 11 is 1.50. The van der Waals surface area contributed by atoms with Crippen LogP contribution in [0.5, 0.6) is 0 Å². The fraction of sp³-hybridized carbons (Fsp3) is 0.333. The number of nitrogens with one attached hydrogen (secondary N) is 2. The molecule has 0 aliphatic carbocycles. The van der Waals surface area contributed by atoms with Crippen LogP contribution in [0.4, 0.5) is 0 Å². The van der Waals surface area contributed by atoms with Gasteiger partial charge in [-0.15, -0.1) is 10.2 Å². The van der Waals surface area contributed by atoms with Gasteiger partial charge in [0.15, 0.2) is 5.16 Å². The van der Waals surface area contributed by atoms with E-state index in [1.165, 1.54) is 17.8 Å². The fourth-order valence-electron chi connectivity index (χ4n) is 1.63. The summed E-state index contributed by atoms with van der Waals surface area (Å²) in [5, 5.41) is 11.3. The van der Waals surface area contributed by atoms with Crippen molar-refractivity contribution in [2.75, 3.05) is 12.3 Å². The molecule has 0 spiro atoms. The van der Waals surface area contributed by atoms with Gasteiger partial charge in [0.05, 0.1) is 0 Å². The third-order valence-corrected chi connectivity index (χ3v) is 3.57. The lowest BCUT2D eigenvalue weighted by molar-refractivity contribution is 0.0956. The van der Waals surface area contributed by atoms with E-state index < -0.39 is 0 Å².